The molecule has 0 aromatic heterocycles. The molecule has 0 heterocycles. The SMILES string of the molecule is O=C(NC1CCCCCCC1)[C@H](Cc1ccccc1)NS(=O)(=O)c1ccc(Cl)cc1. The van der Waals surface area contributed by atoms with Crippen LogP contribution in [0.15, 0.2) is 59.5 Å². The molecule has 0 aliphatic heterocycles. The van der Waals surface area contributed by atoms with Crippen LogP contribution in [-0.4, -0.2) is 26.4 Å². The Balaban J connectivity index is 1.76. The zero-order valence-corrected chi connectivity index (χ0v) is 18.6. The normalized spacial score (nSPS) is 17.0. The van der Waals surface area contributed by atoms with Crippen molar-refractivity contribution in [1.82, 2.24) is 10.0 Å². The van der Waals surface area contributed by atoms with Crippen LogP contribution in [0.4, 0.5) is 0 Å². The van der Waals surface area contributed by atoms with Crippen molar-refractivity contribution in [3.8, 4) is 0 Å². The minimum absolute atomic E-state index is 0.0868. The first-order valence-corrected chi connectivity index (χ1v) is 12.4. The van der Waals surface area contributed by atoms with E-state index in [4.69, 9.17) is 11.6 Å². The first-order valence-electron chi connectivity index (χ1n) is 10.6. The summed E-state index contributed by atoms with van der Waals surface area (Å²) >= 11 is 5.88. The van der Waals surface area contributed by atoms with E-state index in [0.717, 1.165) is 31.2 Å². The van der Waals surface area contributed by atoms with E-state index in [2.05, 4.69) is 10.0 Å². The zero-order chi connectivity index (χ0) is 21.4. The molecular weight excluding hydrogens is 420 g/mol. The summed E-state index contributed by atoms with van der Waals surface area (Å²) in [7, 11) is -3.86. The van der Waals surface area contributed by atoms with E-state index < -0.39 is 16.1 Å². The van der Waals surface area contributed by atoms with E-state index in [1.54, 1.807) is 0 Å². The summed E-state index contributed by atoms with van der Waals surface area (Å²) < 4.78 is 28.4. The third-order valence-corrected chi connectivity index (χ3v) is 7.21. The maximum absolute atomic E-state index is 13.1. The van der Waals surface area contributed by atoms with Crippen LogP contribution in [0, 0.1) is 0 Å². The lowest BCUT2D eigenvalue weighted by molar-refractivity contribution is -0.123. The molecule has 7 heteroatoms. The van der Waals surface area contributed by atoms with Gasteiger partial charge in [0.15, 0.2) is 0 Å². The lowest BCUT2D eigenvalue weighted by Gasteiger charge is -2.25. The summed E-state index contributed by atoms with van der Waals surface area (Å²) in [6, 6.07) is 14.6. The smallest absolute Gasteiger partial charge is 0.241 e. The van der Waals surface area contributed by atoms with Gasteiger partial charge in [0.05, 0.1) is 4.90 Å². The molecule has 2 N–H and O–H groups in total. The number of hydrogen-bond acceptors (Lipinski definition) is 3. The Bertz CT molecular complexity index is 909. The largest absolute Gasteiger partial charge is 0.352 e. The first kappa shape index (κ1) is 22.8. The Morgan fingerprint density at radius 3 is 2.17 bits per heavy atom. The Morgan fingerprint density at radius 1 is 0.933 bits per heavy atom. The highest BCUT2D eigenvalue weighted by molar-refractivity contribution is 7.89. The van der Waals surface area contributed by atoms with Crippen LogP contribution in [0.3, 0.4) is 0 Å². The van der Waals surface area contributed by atoms with Crippen molar-refractivity contribution >= 4 is 27.5 Å². The number of sulfonamides is 1. The molecule has 2 aromatic rings. The molecule has 1 fully saturated rings. The average molecular weight is 449 g/mol. The van der Waals surface area contributed by atoms with Crippen molar-refractivity contribution in [2.24, 2.45) is 0 Å². The fraction of sp³-hybridized carbons (Fsp3) is 0.435. The van der Waals surface area contributed by atoms with E-state index in [9.17, 15) is 13.2 Å². The summed E-state index contributed by atoms with van der Waals surface area (Å²) in [4.78, 5) is 13.2. The molecule has 0 saturated heterocycles. The van der Waals surface area contributed by atoms with Gasteiger partial charge >= 0.3 is 0 Å². The molecule has 0 radical (unpaired) electrons. The van der Waals surface area contributed by atoms with Crippen LogP contribution < -0.4 is 10.0 Å². The van der Waals surface area contributed by atoms with Crippen molar-refractivity contribution in [3.63, 3.8) is 0 Å². The van der Waals surface area contributed by atoms with Gasteiger partial charge in [-0.15, -0.1) is 0 Å². The maximum Gasteiger partial charge on any atom is 0.241 e. The highest BCUT2D eigenvalue weighted by Crippen LogP contribution is 2.18. The van der Waals surface area contributed by atoms with Crippen molar-refractivity contribution in [3.05, 3.63) is 65.2 Å². The minimum Gasteiger partial charge on any atom is -0.352 e. The summed E-state index contributed by atoms with van der Waals surface area (Å²) in [5.74, 6) is -0.276. The lowest BCUT2D eigenvalue weighted by Crippen LogP contribution is -2.50. The van der Waals surface area contributed by atoms with Crippen LogP contribution in [-0.2, 0) is 21.2 Å². The fourth-order valence-corrected chi connectivity index (χ4v) is 5.13. The number of hydrogen-bond donors (Lipinski definition) is 2. The highest BCUT2D eigenvalue weighted by atomic mass is 35.5. The van der Waals surface area contributed by atoms with Crippen LogP contribution in [0.1, 0.15) is 50.5 Å². The number of carbonyl (C=O) groups is 1. The monoisotopic (exact) mass is 448 g/mol. The molecule has 1 aliphatic rings. The second kappa shape index (κ2) is 10.9. The van der Waals surface area contributed by atoms with Gasteiger partial charge in [-0.3, -0.25) is 4.79 Å². The van der Waals surface area contributed by atoms with Crippen LogP contribution >= 0.6 is 11.6 Å². The van der Waals surface area contributed by atoms with E-state index in [0.29, 0.717) is 5.02 Å². The molecule has 0 bridgehead atoms. The molecular formula is C23H29ClN2O3S. The molecule has 0 spiro atoms. The van der Waals surface area contributed by atoms with Gasteiger partial charge in [0.2, 0.25) is 15.9 Å². The van der Waals surface area contributed by atoms with Crippen LogP contribution in [0.25, 0.3) is 0 Å². The topological polar surface area (TPSA) is 75.3 Å². The molecule has 0 unspecified atom stereocenters. The number of benzene rings is 2. The van der Waals surface area contributed by atoms with Crippen molar-refractivity contribution in [2.45, 2.75) is 68.3 Å². The predicted octanol–water partition coefficient (Wildman–Crippen LogP) is 4.46. The second-order valence-corrected chi connectivity index (χ2v) is 10.0. The number of nitrogens with one attached hydrogen (secondary N) is 2. The van der Waals surface area contributed by atoms with Gasteiger partial charge in [0.25, 0.3) is 0 Å². The number of halogens is 1. The van der Waals surface area contributed by atoms with E-state index >= 15 is 0 Å². The minimum atomic E-state index is -3.86. The van der Waals surface area contributed by atoms with Gasteiger partial charge in [-0.1, -0.05) is 74.0 Å². The van der Waals surface area contributed by atoms with E-state index in [-0.39, 0.29) is 23.3 Å². The molecule has 1 amide bonds. The first-order chi connectivity index (χ1) is 14.4. The van der Waals surface area contributed by atoms with Crippen LogP contribution in [0.2, 0.25) is 5.02 Å². The van der Waals surface area contributed by atoms with E-state index in [1.165, 1.54) is 43.5 Å². The third kappa shape index (κ3) is 6.83. The summed E-state index contributed by atoms with van der Waals surface area (Å²) in [6.45, 7) is 0. The molecule has 1 aliphatic carbocycles. The summed E-state index contributed by atoms with van der Waals surface area (Å²) in [6.07, 6.45) is 7.95. The maximum atomic E-state index is 13.1. The Morgan fingerprint density at radius 2 is 1.53 bits per heavy atom. The average Bonchev–Trinajstić information content (AvgIpc) is 2.70. The van der Waals surface area contributed by atoms with Gasteiger partial charge in [-0.25, -0.2) is 8.42 Å². The highest BCUT2D eigenvalue weighted by Gasteiger charge is 2.27. The van der Waals surface area contributed by atoms with Gasteiger partial charge in [-0.05, 0) is 49.1 Å². The van der Waals surface area contributed by atoms with Gasteiger partial charge in [0, 0.05) is 11.1 Å². The molecule has 1 atom stereocenters. The quantitative estimate of drug-likeness (QED) is 0.656. The Kier molecular flexibility index (Phi) is 8.31. The molecule has 162 valence electrons. The molecule has 1 saturated carbocycles. The predicted molar refractivity (Wildman–Crippen MR) is 120 cm³/mol. The molecule has 5 nitrogen and oxygen atoms in total. The summed E-state index contributed by atoms with van der Waals surface area (Å²) in [5.41, 5.74) is 0.897. The number of carbonyl (C=O) groups excluding carboxylic acids is 1. The van der Waals surface area contributed by atoms with Crippen molar-refractivity contribution in [2.75, 3.05) is 0 Å². The second-order valence-electron chi connectivity index (χ2n) is 7.87. The molecule has 2 aromatic carbocycles. The zero-order valence-electron chi connectivity index (χ0n) is 17.0. The molecule has 30 heavy (non-hydrogen) atoms. The van der Waals surface area contributed by atoms with Crippen molar-refractivity contribution in [1.29, 1.82) is 0 Å². The van der Waals surface area contributed by atoms with Gasteiger partial charge < -0.3 is 5.32 Å². The Hall–Kier alpha value is -1.89. The van der Waals surface area contributed by atoms with Gasteiger partial charge in [-0.2, -0.15) is 4.72 Å². The van der Waals surface area contributed by atoms with Gasteiger partial charge in [0.1, 0.15) is 6.04 Å². The fourth-order valence-electron chi connectivity index (χ4n) is 3.81. The lowest BCUT2D eigenvalue weighted by atomic mass is 9.96. The van der Waals surface area contributed by atoms with Crippen molar-refractivity contribution < 1.29 is 13.2 Å². The standard InChI is InChI=1S/C23H29ClN2O3S/c24-19-13-15-21(16-14-19)30(28,29)26-22(17-18-9-5-4-6-10-18)23(27)25-20-11-7-2-1-3-8-12-20/h4-6,9-10,13-16,20,22,26H,1-3,7-8,11-12,17H2,(H,25,27)/t22-/m0/s1. The number of rotatable bonds is 7. The van der Waals surface area contributed by atoms with Crippen LogP contribution in [0.5, 0.6) is 0 Å². The number of amides is 1. The Labute approximate surface area is 184 Å². The molecule has 3 rings (SSSR count). The van der Waals surface area contributed by atoms with E-state index in [1.807, 2.05) is 30.3 Å². The third-order valence-electron chi connectivity index (χ3n) is 5.47. The summed E-state index contributed by atoms with van der Waals surface area (Å²) in [5, 5.41) is 3.56.